The van der Waals surface area contributed by atoms with Crippen molar-refractivity contribution in [3.05, 3.63) is 24.3 Å². The summed E-state index contributed by atoms with van der Waals surface area (Å²) in [5.41, 5.74) is 0. The molecule has 1 amide bonds. The molecule has 14 heteroatoms. The Morgan fingerprint density at radius 3 is 1.44 bits per heavy atom. The molecule has 2 aliphatic rings. The molecule has 0 aromatic heterocycles. The summed E-state index contributed by atoms with van der Waals surface area (Å²) in [6.07, 6.45) is 29.6. The van der Waals surface area contributed by atoms with Gasteiger partial charge in [0.05, 0.1) is 32.0 Å². The number of carbonyl (C=O) groups is 1. The van der Waals surface area contributed by atoms with E-state index in [2.05, 4.69) is 31.3 Å². The molecule has 12 atom stereocenters. The van der Waals surface area contributed by atoms with Crippen LogP contribution in [0, 0.1) is 0 Å². The molecule has 0 aromatic carbocycles. The van der Waals surface area contributed by atoms with E-state index in [-0.39, 0.29) is 18.9 Å². The average Bonchev–Trinajstić information content (AvgIpc) is 3.34. The molecule has 0 aromatic rings. The van der Waals surface area contributed by atoms with E-state index in [1.54, 1.807) is 6.08 Å². The van der Waals surface area contributed by atoms with Crippen molar-refractivity contribution in [3.8, 4) is 0 Å². The van der Waals surface area contributed by atoms with Gasteiger partial charge < -0.3 is 65.1 Å². The normalized spacial score (nSPS) is 26.5. The second-order valence-corrected chi connectivity index (χ2v) is 19.7. The highest BCUT2D eigenvalue weighted by Gasteiger charge is 2.51. The maximum atomic E-state index is 13.1. The number of carbonyl (C=O) groups excluding carboxylic acids is 1. The predicted molar refractivity (Wildman–Crippen MR) is 268 cm³/mol. The molecule has 14 nitrogen and oxygen atoms in total. The highest BCUT2D eigenvalue weighted by Crippen LogP contribution is 2.30. The standard InChI is InChI=1S/C54H101NO13/c1-3-5-7-9-11-13-14-15-16-17-18-19-20-21-22-23-24-25-26-27-28-30-31-33-35-37-43(58)42(55-46(59)38-36-34-32-29-12-10-8-6-4-2)41-65-53-51(64)49(62)52(45(40-57)67-53)68-54-50(63)48(61)47(60)44(39-56)66-54/h28,30,35,37,42-45,47-54,56-58,60-64H,3-27,29,31-34,36,38-41H2,1-2H3,(H,55,59)/b30-28+,37-35+. The monoisotopic (exact) mass is 972 g/mol. The Balaban J connectivity index is 1.75. The molecular weight excluding hydrogens is 871 g/mol. The van der Waals surface area contributed by atoms with Crippen LogP contribution in [-0.4, -0.2) is 140 Å². The van der Waals surface area contributed by atoms with Crippen LogP contribution in [0.15, 0.2) is 24.3 Å². The lowest BCUT2D eigenvalue weighted by Crippen LogP contribution is -2.65. The van der Waals surface area contributed by atoms with Crippen LogP contribution in [0.4, 0.5) is 0 Å². The summed E-state index contributed by atoms with van der Waals surface area (Å²) in [6.45, 7) is 2.75. The van der Waals surface area contributed by atoms with Crippen molar-refractivity contribution in [1.82, 2.24) is 5.32 Å². The zero-order valence-electron chi connectivity index (χ0n) is 42.6. The minimum absolute atomic E-state index is 0.252. The van der Waals surface area contributed by atoms with Gasteiger partial charge in [0, 0.05) is 6.42 Å². The van der Waals surface area contributed by atoms with E-state index in [0.717, 1.165) is 32.1 Å². The number of hydrogen-bond donors (Lipinski definition) is 9. The summed E-state index contributed by atoms with van der Waals surface area (Å²) in [5, 5.41) is 86.7. The zero-order chi connectivity index (χ0) is 49.6. The van der Waals surface area contributed by atoms with Gasteiger partial charge in [0.1, 0.15) is 48.8 Å². The number of nitrogens with one attached hydrogen (secondary N) is 1. The fourth-order valence-electron chi connectivity index (χ4n) is 9.13. The Hall–Kier alpha value is -1.53. The van der Waals surface area contributed by atoms with Crippen molar-refractivity contribution >= 4 is 5.91 Å². The van der Waals surface area contributed by atoms with Gasteiger partial charge in [-0.1, -0.05) is 205 Å². The van der Waals surface area contributed by atoms with Crippen LogP contribution >= 0.6 is 0 Å². The molecule has 2 heterocycles. The van der Waals surface area contributed by atoms with Crippen molar-refractivity contribution in [2.75, 3.05) is 19.8 Å². The quantitative estimate of drug-likeness (QED) is 0.0208. The van der Waals surface area contributed by atoms with Crippen LogP contribution in [0.2, 0.25) is 0 Å². The number of unbranched alkanes of at least 4 members (excludes halogenated alkanes) is 28. The van der Waals surface area contributed by atoms with E-state index in [4.69, 9.17) is 18.9 Å². The lowest BCUT2D eigenvalue weighted by molar-refractivity contribution is -0.359. The Bertz CT molecular complexity index is 1240. The summed E-state index contributed by atoms with van der Waals surface area (Å²) >= 11 is 0. The van der Waals surface area contributed by atoms with Crippen LogP contribution in [0.5, 0.6) is 0 Å². The second kappa shape index (κ2) is 41.0. The highest BCUT2D eigenvalue weighted by molar-refractivity contribution is 5.76. The summed E-state index contributed by atoms with van der Waals surface area (Å²) in [6, 6.07) is -0.925. The lowest BCUT2D eigenvalue weighted by atomic mass is 9.97. The first-order valence-corrected chi connectivity index (χ1v) is 27.6. The van der Waals surface area contributed by atoms with E-state index in [1.807, 2.05) is 6.08 Å². The number of rotatable bonds is 43. The molecule has 400 valence electrons. The molecule has 2 saturated heterocycles. The summed E-state index contributed by atoms with van der Waals surface area (Å²) in [7, 11) is 0. The first-order valence-electron chi connectivity index (χ1n) is 27.6. The number of ether oxygens (including phenoxy) is 4. The smallest absolute Gasteiger partial charge is 0.220 e. The molecule has 68 heavy (non-hydrogen) atoms. The lowest BCUT2D eigenvalue weighted by Gasteiger charge is -2.46. The SMILES string of the molecule is CCCCCCCCCCCCCCCCCCCCC/C=C/CC/C=C/C(O)C(COC1OC(CO)C(OC2OC(CO)C(O)C(O)C2O)C(O)C1O)NC(=O)CCCCCCCCCCC. The van der Waals surface area contributed by atoms with E-state index in [9.17, 15) is 45.6 Å². The number of aliphatic hydroxyl groups is 8. The van der Waals surface area contributed by atoms with Crippen molar-refractivity contribution < 1.29 is 64.6 Å². The second-order valence-electron chi connectivity index (χ2n) is 19.7. The van der Waals surface area contributed by atoms with E-state index in [0.29, 0.717) is 12.8 Å². The Labute approximate surface area is 411 Å². The van der Waals surface area contributed by atoms with Crippen LogP contribution < -0.4 is 5.32 Å². The molecular formula is C54H101NO13. The van der Waals surface area contributed by atoms with Crippen molar-refractivity contribution in [2.45, 2.75) is 293 Å². The van der Waals surface area contributed by atoms with Crippen molar-refractivity contribution in [2.24, 2.45) is 0 Å². The Morgan fingerprint density at radius 2 is 0.941 bits per heavy atom. The van der Waals surface area contributed by atoms with Gasteiger partial charge in [0.15, 0.2) is 12.6 Å². The summed E-state index contributed by atoms with van der Waals surface area (Å²) < 4.78 is 22.7. The van der Waals surface area contributed by atoms with Crippen LogP contribution in [0.25, 0.3) is 0 Å². The third-order valence-electron chi connectivity index (χ3n) is 13.6. The third kappa shape index (κ3) is 27.3. The molecule has 2 rings (SSSR count). The molecule has 12 unspecified atom stereocenters. The fourth-order valence-corrected chi connectivity index (χ4v) is 9.13. The van der Waals surface area contributed by atoms with Gasteiger partial charge in [-0.25, -0.2) is 0 Å². The first kappa shape index (κ1) is 62.6. The number of amides is 1. The Kier molecular flexibility index (Phi) is 37.7. The van der Waals surface area contributed by atoms with Gasteiger partial charge >= 0.3 is 0 Å². The van der Waals surface area contributed by atoms with E-state index < -0.39 is 86.8 Å². The number of hydrogen-bond acceptors (Lipinski definition) is 13. The fraction of sp³-hybridized carbons (Fsp3) is 0.907. The minimum Gasteiger partial charge on any atom is -0.394 e. The predicted octanol–water partition coefficient (Wildman–Crippen LogP) is 8.11. The van der Waals surface area contributed by atoms with Gasteiger partial charge in [-0.3, -0.25) is 4.79 Å². The molecule has 0 bridgehead atoms. The third-order valence-corrected chi connectivity index (χ3v) is 13.6. The highest BCUT2D eigenvalue weighted by atomic mass is 16.7. The zero-order valence-corrected chi connectivity index (χ0v) is 42.6. The maximum Gasteiger partial charge on any atom is 0.220 e. The van der Waals surface area contributed by atoms with Crippen LogP contribution in [0.1, 0.15) is 219 Å². The molecule has 0 radical (unpaired) electrons. The van der Waals surface area contributed by atoms with Gasteiger partial charge in [0.25, 0.3) is 0 Å². The maximum absolute atomic E-state index is 13.1. The van der Waals surface area contributed by atoms with Crippen LogP contribution in [0.3, 0.4) is 0 Å². The van der Waals surface area contributed by atoms with Crippen molar-refractivity contribution in [1.29, 1.82) is 0 Å². The molecule has 0 saturated carbocycles. The summed E-state index contributed by atoms with van der Waals surface area (Å²) in [4.78, 5) is 13.1. The largest absolute Gasteiger partial charge is 0.394 e. The topological polar surface area (TPSA) is 228 Å². The number of aliphatic hydroxyl groups excluding tert-OH is 8. The van der Waals surface area contributed by atoms with Gasteiger partial charge in [-0.05, 0) is 32.1 Å². The molecule has 2 aliphatic heterocycles. The van der Waals surface area contributed by atoms with Gasteiger partial charge in [-0.2, -0.15) is 0 Å². The van der Waals surface area contributed by atoms with Gasteiger partial charge in [0.2, 0.25) is 5.91 Å². The minimum atomic E-state index is -1.79. The molecule has 9 N–H and O–H groups in total. The summed E-state index contributed by atoms with van der Waals surface area (Å²) in [5.74, 6) is -0.252. The molecule has 0 aliphatic carbocycles. The average molecular weight is 972 g/mol. The number of allylic oxidation sites excluding steroid dienone is 3. The van der Waals surface area contributed by atoms with E-state index >= 15 is 0 Å². The first-order chi connectivity index (χ1) is 33.1. The van der Waals surface area contributed by atoms with Crippen molar-refractivity contribution in [3.63, 3.8) is 0 Å². The van der Waals surface area contributed by atoms with Gasteiger partial charge in [-0.15, -0.1) is 0 Å². The molecule has 2 fully saturated rings. The molecule has 0 spiro atoms. The Morgan fingerprint density at radius 1 is 0.515 bits per heavy atom. The van der Waals surface area contributed by atoms with E-state index in [1.165, 1.54) is 154 Å². The van der Waals surface area contributed by atoms with Crippen LogP contribution in [-0.2, 0) is 23.7 Å².